The molecule has 29 heavy (non-hydrogen) atoms. The molecule has 3 heterocycles. The second-order valence-corrected chi connectivity index (χ2v) is 8.81. The maximum Gasteiger partial charge on any atom is 0.263 e. The van der Waals surface area contributed by atoms with Gasteiger partial charge in [0, 0.05) is 23.5 Å². The molecule has 5 nitrogen and oxygen atoms in total. The minimum Gasteiger partial charge on any atom is -0.338 e. The Kier molecular flexibility index (Phi) is 5.54. The van der Waals surface area contributed by atoms with E-state index < -0.39 is 0 Å². The van der Waals surface area contributed by atoms with E-state index in [-0.39, 0.29) is 24.1 Å². The number of likely N-dealkylation sites (tertiary alicyclic amines) is 1. The third kappa shape index (κ3) is 3.73. The van der Waals surface area contributed by atoms with E-state index in [1.54, 1.807) is 0 Å². The largest absolute Gasteiger partial charge is 0.338 e. The number of nitrogens with zero attached hydrogens (tertiary/aromatic N) is 3. The Morgan fingerprint density at radius 1 is 1.24 bits per heavy atom. The van der Waals surface area contributed by atoms with Gasteiger partial charge in [0.2, 0.25) is 5.91 Å². The number of aromatic nitrogens is 2. The maximum atomic E-state index is 13.3. The van der Waals surface area contributed by atoms with Crippen LogP contribution >= 0.6 is 11.3 Å². The molecule has 0 saturated carbocycles. The Morgan fingerprint density at radius 2 is 2.07 bits per heavy atom. The van der Waals surface area contributed by atoms with E-state index in [0.29, 0.717) is 5.39 Å². The standard InChI is InChI=1S/C23H27N3O2S/c1-4-18-7-5-6-10-26(18)20(27)12-25-14-24-22-21(23(25)28)19(13-29-22)17-9-8-15(2)16(3)11-17/h8-9,11,13-14,18H,4-7,10,12H2,1-3H3. The Balaban J connectivity index is 1.69. The number of amides is 1. The topological polar surface area (TPSA) is 55.2 Å². The Hall–Kier alpha value is -2.47. The molecule has 1 atom stereocenters. The van der Waals surface area contributed by atoms with Crippen molar-refractivity contribution in [1.82, 2.24) is 14.5 Å². The van der Waals surface area contributed by atoms with Gasteiger partial charge in [-0.25, -0.2) is 4.98 Å². The lowest BCUT2D eigenvalue weighted by Crippen LogP contribution is -2.45. The van der Waals surface area contributed by atoms with Crippen molar-refractivity contribution in [3.63, 3.8) is 0 Å². The average molecular weight is 410 g/mol. The van der Waals surface area contributed by atoms with Crippen molar-refractivity contribution in [3.8, 4) is 11.1 Å². The first kappa shape index (κ1) is 19.8. The average Bonchev–Trinajstić information content (AvgIpc) is 3.17. The summed E-state index contributed by atoms with van der Waals surface area (Å²) >= 11 is 1.47. The van der Waals surface area contributed by atoms with Gasteiger partial charge in [-0.15, -0.1) is 11.3 Å². The zero-order valence-corrected chi connectivity index (χ0v) is 18.1. The number of rotatable bonds is 4. The van der Waals surface area contributed by atoms with Crippen LogP contribution in [0, 0.1) is 13.8 Å². The molecule has 6 heteroatoms. The lowest BCUT2D eigenvalue weighted by Gasteiger charge is -2.35. The van der Waals surface area contributed by atoms with Crippen molar-refractivity contribution in [1.29, 1.82) is 0 Å². The van der Waals surface area contributed by atoms with Crippen molar-refractivity contribution in [2.24, 2.45) is 0 Å². The summed E-state index contributed by atoms with van der Waals surface area (Å²) in [6.07, 6.45) is 5.74. The van der Waals surface area contributed by atoms with E-state index in [9.17, 15) is 9.59 Å². The number of benzene rings is 1. The molecule has 1 unspecified atom stereocenters. The first-order valence-electron chi connectivity index (χ1n) is 10.3. The second kappa shape index (κ2) is 8.11. The first-order chi connectivity index (χ1) is 14.0. The van der Waals surface area contributed by atoms with E-state index >= 15 is 0 Å². The van der Waals surface area contributed by atoms with Gasteiger partial charge in [-0.2, -0.15) is 0 Å². The highest BCUT2D eigenvalue weighted by Crippen LogP contribution is 2.31. The van der Waals surface area contributed by atoms with Crippen LogP contribution in [0.2, 0.25) is 0 Å². The molecule has 0 spiro atoms. The zero-order chi connectivity index (χ0) is 20.5. The fraction of sp³-hybridized carbons (Fsp3) is 0.435. The van der Waals surface area contributed by atoms with Crippen LogP contribution in [0.5, 0.6) is 0 Å². The summed E-state index contributed by atoms with van der Waals surface area (Å²) in [6, 6.07) is 6.52. The second-order valence-electron chi connectivity index (χ2n) is 7.95. The van der Waals surface area contributed by atoms with E-state index in [1.807, 2.05) is 16.3 Å². The maximum absolute atomic E-state index is 13.3. The van der Waals surface area contributed by atoms with Gasteiger partial charge in [0.05, 0.1) is 11.7 Å². The summed E-state index contributed by atoms with van der Waals surface area (Å²) in [5, 5.41) is 2.60. The Bertz CT molecular complexity index is 1110. The van der Waals surface area contributed by atoms with Gasteiger partial charge in [0.25, 0.3) is 5.56 Å². The van der Waals surface area contributed by atoms with Crippen molar-refractivity contribution in [2.75, 3.05) is 6.54 Å². The van der Waals surface area contributed by atoms with Gasteiger partial charge in [0.1, 0.15) is 11.4 Å². The van der Waals surface area contributed by atoms with Crippen LogP contribution in [0.25, 0.3) is 21.3 Å². The smallest absolute Gasteiger partial charge is 0.263 e. The van der Waals surface area contributed by atoms with Gasteiger partial charge in [-0.3, -0.25) is 14.2 Å². The van der Waals surface area contributed by atoms with Crippen molar-refractivity contribution in [2.45, 2.75) is 59.0 Å². The van der Waals surface area contributed by atoms with Gasteiger partial charge in [0.15, 0.2) is 0 Å². The number of hydrogen-bond acceptors (Lipinski definition) is 4. The van der Waals surface area contributed by atoms with E-state index in [2.05, 4.69) is 37.9 Å². The molecule has 3 aromatic rings. The minimum atomic E-state index is -0.136. The van der Waals surface area contributed by atoms with E-state index in [1.165, 1.54) is 39.8 Å². The summed E-state index contributed by atoms with van der Waals surface area (Å²) < 4.78 is 1.48. The number of carbonyl (C=O) groups excluding carboxylic acids is 1. The highest BCUT2D eigenvalue weighted by atomic mass is 32.1. The quantitative estimate of drug-likeness (QED) is 0.636. The number of piperidine rings is 1. The molecular weight excluding hydrogens is 382 g/mol. The number of fused-ring (bicyclic) bond motifs is 1. The molecule has 1 aliphatic heterocycles. The molecule has 0 N–H and O–H groups in total. The molecule has 0 bridgehead atoms. The Labute approximate surface area is 175 Å². The van der Waals surface area contributed by atoms with Gasteiger partial charge in [-0.05, 0) is 56.2 Å². The molecule has 1 saturated heterocycles. The fourth-order valence-electron chi connectivity index (χ4n) is 4.19. The lowest BCUT2D eigenvalue weighted by molar-refractivity contribution is -0.135. The zero-order valence-electron chi connectivity index (χ0n) is 17.3. The predicted octanol–water partition coefficient (Wildman–Crippen LogP) is 4.53. The number of thiophene rings is 1. The minimum absolute atomic E-state index is 0.0164. The Morgan fingerprint density at radius 3 is 2.83 bits per heavy atom. The number of hydrogen-bond donors (Lipinski definition) is 0. The molecule has 1 fully saturated rings. The van der Waals surface area contributed by atoms with Crippen molar-refractivity contribution in [3.05, 3.63) is 51.4 Å². The fourth-order valence-corrected chi connectivity index (χ4v) is 5.10. The van der Waals surface area contributed by atoms with Crippen molar-refractivity contribution >= 4 is 27.5 Å². The summed E-state index contributed by atoms with van der Waals surface area (Å²) in [7, 11) is 0. The molecule has 152 valence electrons. The van der Waals surface area contributed by atoms with E-state index in [0.717, 1.165) is 41.8 Å². The molecule has 0 radical (unpaired) electrons. The SMILES string of the molecule is CCC1CCCCN1C(=O)Cn1cnc2scc(-c3ccc(C)c(C)c3)c2c1=O. The number of aryl methyl sites for hydroxylation is 2. The molecule has 1 amide bonds. The van der Waals surface area contributed by atoms with Crippen LogP contribution in [0.3, 0.4) is 0 Å². The van der Waals surface area contributed by atoms with Gasteiger partial charge >= 0.3 is 0 Å². The van der Waals surface area contributed by atoms with Crippen LogP contribution < -0.4 is 5.56 Å². The number of carbonyl (C=O) groups is 1. The van der Waals surface area contributed by atoms with Crippen LogP contribution in [-0.4, -0.2) is 32.9 Å². The van der Waals surface area contributed by atoms with Gasteiger partial charge in [-0.1, -0.05) is 25.1 Å². The summed E-state index contributed by atoms with van der Waals surface area (Å²) in [5.41, 5.74) is 4.20. The molecule has 4 rings (SSSR count). The molecule has 0 aliphatic carbocycles. The molecule has 2 aromatic heterocycles. The summed E-state index contributed by atoms with van der Waals surface area (Å²) in [4.78, 5) is 33.4. The predicted molar refractivity (Wildman–Crippen MR) is 118 cm³/mol. The normalized spacial score (nSPS) is 17.1. The summed E-state index contributed by atoms with van der Waals surface area (Å²) in [6.45, 7) is 7.12. The van der Waals surface area contributed by atoms with Gasteiger partial charge < -0.3 is 4.90 Å². The highest BCUT2D eigenvalue weighted by Gasteiger charge is 2.26. The third-order valence-electron chi connectivity index (χ3n) is 6.10. The monoisotopic (exact) mass is 409 g/mol. The molecular formula is C23H27N3O2S. The lowest BCUT2D eigenvalue weighted by atomic mass is 10.00. The highest BCUT2D eigenvalue weighted by molar-refractivity contribution is 7.17. The van der Waals surface area contributed by atoms with Crippen LogP contribution in [0.15, 0.2) is 34.7 Å². The van der Waals surface area contributed by atoms with Crippen LogP contribution in [0.1, 0.15) is 43.7 Å². The van der Waals surface area contributed by atoms with Crippen LogP contribution in [0.4, 0.5) is 0 Å². The van der Waals surface area contributed by atoms with Crippen molar-refractivity contribution < 1.29 is 4.79 Å². The van der Waals surface area contributed by atoms with E-state index in [4.69, 9.17) is 0 Å². The van der Waals surface area contributed by atoms with Crippen LogP contribution in [-0.2, 0) is 11.3 Å². The molecule has 1 aromatic carbocycles. The third-order valence-corrected chi connectivity index (χ3v) is 6.99. The first-order valence-corrected chi connectivity index (χ1v) is 11.2. The summed E-state index contributed by atoms with van der Waals surface area (Å²) in [5.74, 6) is 0.0164. The molecule has 1 aliphatic rings.